The molecule has 2 aromatic carbocycles. The first-order chi connectivity index (χ1) is 14.0. The largest absolute Gasteiger partial charge is 0.371 e. The van der Waals surface area contributed by atoms with E-state index in [1.54, 1.807) is 12.3 Å². The summed E-state index contributed by atoms with van der Waals surface area (Å²) < 4.78 is 2.28. The molecule has 1 aliphatic rings. The third kappa shape index (κ3) is 3.86. The van der Waals surface area contributed by atoms with Crippen molar-refractivity contribution in [1.29, 1.82) is 0 Å². The van der Waals surface area contributed by atoms with Gasteiger partial charge in [-0.05, 0) is 73.7 Å². The Hall–Kier alpha value is -2.47. The van der Waals surface area contributed by atoms with Crippen molar-refractivity contribution in [2.24, 2.45) is 5.10 Å². The van der Waals surface area contributed by atoms with Crippen molar-refractivity contribution in [3.63, 3.8) is 0 Å². The van der Waals surface area contributed by atoms with Gasteiger partial charge in [-0.15, -0.1) is 0 Å². The summed E-state index contributed by atoms with van der Waals surface area (Å²) in [5.41, 5.74) is 5.27. The van der Waals surface area contributed by atoms with Crippen molar-refractivity contribution >= 4 is 38.7 Å². The molecular weight excluding hydrogens is 428 g/mol. The van der Waals surface area contributed by atoms with Gasteiger partial charge < -0.3 is 4.90 Å². The van der Waals surface area contributed by atoms with E-state index in [-0.39, 0.29) is 5.56 Å². The van der Waals surface area contributed by atoms with E-state index >= 15 is 0 Å². The Morgan fingerprint density at radius 2 is 1.90 bits per heavy atom. The van der Waals surface area contributed by atoms with E-state index in [9.17, 15) is 4.79 Å². The molecular formula is C23H25BrN4O. The lowest BCUT2D eigenvalue weighted by Crippen LogP contribution is -2.22. The Kier molecular flexibility index (Phi) is 5.54. The first-order valence-electron chi connectivity index (χ1n) is 10.1. The Bertz CT molecular complexity index is 1160. The molecule has 1 saturated heterocycles. The van der Waals surface area contributed by atoms with E-state index in [4.69, 9.17) is 0 Å². The minimum absolute atomic E-state index is 0.146. The molecule has 2 heterocycles. The maximum atomic E-state index is 13.0. The average molecular weight is 453 g/mol. The van der Waals surface area contributed by atoms with Crippen LogP contribution in [0, 0.1) is 13.8 Å². The lowest BCUT2D eigenvalue weighted by atomic mass is 10.0. The SMILES string of the molecule is CCc1nc2ccc(Br)cc2c(=O)n1N=Cc1cc(C)c(N2CCCC2)cc1C. The molecule has 0 unspecified atom stereocenters. The normalized spacial score (nSPS) is 14.4. The minimum Gasteiger partial charge on any atom is -0.371 e. The molecule has 0 spiro atoms. The average Bonchev–Trinajstić information content (AvgIpc) is 3.24. The molecule has 150 valence electrons. The fourth-order valence-electron chi connectivity index (χ4n) is 3.92. The zero-order valence-corrected chi connectivity index (χ0v) is 18.7. The molecule has 1 aromatic heterocycles. The predicted molar refractivity (Wildman–Crippen MR) is 123 cm³/mol. The molecule has 0 radical (unpaired) electrons. The predicted octanol–water partition coefficient (Wildman–Crippen LogP) is 4.82. The first kappa shape index (κ1) is 19.8. The van der Waals surface area contributed by atoms with Crippen LogP contribution in [0.4, 0.5) is 5.69 Å². The van der Waals surface area contributed by atoms with E-state index < -0.39 is 0 Å². The zero-order chi connectivity index (χ0) is 20.5. The van der Waals surface area contributed by atoms with Gasteiger partial charge in [0.2, 0.25) is 0 Å². The summed E-state index contributed by atoms with van der Waals surface area (Å²) in [6, 6.07) is 9.96. The van der Waals surface area contributed by atoms with Gasteiger partial charge in [-0.3, -0.25) is 4.79 Å². The second kappa shape index (κ2) is 8.11. The number of hydrogen-bond donors (Lipinski definition) is 0. The molecule has 5 nitrogen and oxygen atoms in total. The lowest BCUT2D eigenvalue weighted by Gasteiger charge is -2.21. The number of rotatable bonds is 4. The van der Waals surface area contributed by atoms with Crippen LogP contribution in [-0.4, -0.2) is 29.0 Å². The maximum absolute atomic E-state index is 13.0. The first-order valence-corrected chi connectivity index (χ1v) is 10.9. The molecule has 0 bridgehead atoms. The molecule has 0 amide bonds. The highest BCUT2D eigenvalue weighted by Crippen LogP contribution is 2.27. The van der Waals surface area contributed by atoms with Crippen LogP contribution < -0.4 is 10.5 Å². The third-order valence-corrected chi connectivity index (χ3v) is 6.03. The van der Waals surface area contributed by atoms with Crippen LogP contribution in [0.15, 0.2) is 44.7 Å². The van der Waals surface area contributed by atoms with E-state index in [1.165, 1.54) is 28.8 Å². The standard InChI is InChI=1S/C23H25BrN4O/c1-4-22-26-20-8-7-18(24)13-19(20)23(29)28(22)25-14-17-11-16(3)21(12-15(17)2)27-9-5-6-10-27/h7-8,11-14H,4-6,9-10H2,1-3H3. The van der Waals surface area contributed by atoms with Crippen molar-refractivity contribution in [3.8, 4) is 0 Å². The smallest absolute Gasteiger partial charge is 0.282 e. The second-order valence-corrected chi connectivity index (χ2v) is 8.51. The van der Waals surface area contributed by atoms with E-state index in [0.717, 1.165) is 28.7 Å². The van der Waals surface area contributed by atoms with Crippen molar-refractivity contribution in [2.45, 2.75) is 40.0 Å². The Morgan fingerprint density at radius 1 is 1.14 bits per heavy atom. The molecule has 4 rings (SSSR count). The molecule has 1 aliphatic heterocycles. The Labute approximate surface area is 179 Å². The molecule has 29 heavy (non-hydrogen) atoms. The summed E-state index contributed by atoms with van der Waals surface area (Å²) >= 11 is 3.44. The zero-order valence-electron chi connectivity index (χ0n) is 17.1. The van der Waals surface area contributed by atoms with Crippen LogP contribution in [0.2, 0.25) is 0 Å². The van der Waals surface area contributed by atoms with Crippen LogP contribution in [-0.2, 0) is 6.42 Å². The Balaban J connectivity index is 1.75. The quantitative estimate of drug-likeness (QED) is 0.533. The number of benzene rings is 2. The molecule has 0 N–H and O–H groups in total. The highest BCUT2D eigenvalue weighted by Gasteiger charge is 2.15. The molecule has 6 heteroatoms. The number of aryl methyl sites for hydroxylation is 3. The van der Waals surface area contributed by atoms with E-state index in [1.807, 2.05) is 19.1 Å². The van der Waals surface area contributed by atoms with Crippen molar-refractivity contribution in [3.05, 3.63) is 67.7 Å². The number of halogens is 1. The fourth-order valence-corrected chi connectivity index (χ4v) is 4.28. The molecule has 3 aromatic rings. The highest BCUT2D eigenvalue weighted by molar-refractivity contribution is 9.10. The molecule has 1 fully saturated rings. The van der Waals surface area contributed by atoms with Crippen LogP contribution in [0.5, 0.6) is 0 Å². The van der Waals surface area contributed by atoms with Gasteiger partial charge >= 0.3 is 0 Å². The molecule has 0 saturated carbocycles. The van der Waals surface area contributed by atoms with Crippen LogP contribution in [0.25, 0.3) is 10.9 Å². The summed E-state index contributed by atoms with van der Waals surface area (Å²) in [6.07, 6.45) is 4.93. The van der Waals surface area contributed by atoms with Crippen molar-refractivity contribution in [2.75, 3.05) is 18.0 Å². The number of fused-ring (bicyclic) bond motifs is 1. The van der Waals surface area contributed by atoms with Gasteiger partial charge in [0.25, 0.3) is 5.56 Å². The van der Waals surface area contributed by atoms with Crippen LogP contribution in [0.3, 0.4) is 0 Å². The second-order valence-electron chi connectivity index (χ2n) is 7.59. The van der Waals surface area contributed by atoms with Gasteiger partial charge in [-0.2, -0.15) is 9.78 Å². The van der Waals surface area contributed by atoms with E-state index in [2.05, 4.69) is 56.9 Å². The topological polar surface area (TPSA) is 50.5 Å². The van der Waals surface area contributed by atoms with Crippen molar-refractivity contribution in [1.82, 2.24) is 9.66 Å². The van der Waals surface area contributed by atoms with Gasteiger partial charge in [0.1, 0.15) is 5.82 Å². The summed E-state index contributed by atoms with van der Waals surface area (Å²) in [4.78, 5) is 20.1. The summed E-state index contributed by atoms with van der Waals surface area (Å²) in [6.45, 7) is 8.48. The number of aromatic nitrogens is 2. The lowest BCUT2D eigenvalue weighted by molar-refractivity contribution is 0.734. The number of nitrogens with zero attached hydrogens (tertiary/aromatic N) is 4. The molecule has 0 aliphatic carbocycles. The summed E-state index contributed by atoms with van der Waals surface area (Å²) in [5.74, 6) is 0.657. The number of hydrogen-bond acceptors (Lipinski definition) is 4. The number of anilines is 1. The highest BCUT2D eigenvalue weighted by atomic mass is 79.9. The summed E-state index contributed by atoms with van der Waals surface area (Å²) in [5, 5.41) is 5.10. The van der Waals surface area contributed by atoms with Gasteiger partial charge in [0.15, 0.2) is 0 Å². The fraction of sp³-hybridized carbons (Fsp3) is 0.348. The summed E-state index contributed by atoms with van der Waals surface area (Å²) in [7, 11) is 0. The van der Waals surface area contributed by atoms with Gasteiger partial charge in [-0.25, -0.2) is 4.98 Å². The van der Waals surface area contributed by atoms with Crippen LogP contribution in [0.1, 0.15) is 42.3 Å². The van der Waals surface area contributed by atoms with E-state index in [0.29, 0.717) is 23.1 Å². The van der Waals surface area contributed by atoms with Gasteiger partial charge in [0.05, 0.1) is 17.1 Å². The van der Waals surface area contributed by atoms with Gasteiger partial charge in [0, 0.05) is 29.7 Å². The van der Waals surface area contributed by atoms with Crippen LogP contribution >= 0.6 is 15.9 Å². The maximum Gasteiger partial charge on any atom is 0.282 e. The Morgan fingerprint density at radius 3 is 2.62 bits per heavy atom. The van der Waals surface area contributed by atoms with Gasteiger partial charge in [-0.1, -0.05) is 22.9 Å². The third-order valence-electron chi connectivity index (χ3n) is 5.54. The minimum atomic E-state index is -0.146. The monoisotopic (exact) mass is 452 g/mol. The molecule has 0 atom stereocenters. The van der Waals surface area contributed by atoms with Crippen molar-refractivity contribution < 1.29 is 0 Å².